The van der Waals surface area contributed by atoms with Crippen LogP contribution in [0.15, 0.2) is 132 Å². The van der Waals surface area contributed by atoms with Gasteiger partial charge in [0.25, 0.3) is 0 Å². The molecular formula is C36H31N3O2S. The summed E-state index contributed by atoms with van der Waals surface area (Å²) in [6.45, 7) is 3.02. The molecular weight excluding hydrogens is 538 g/mol. The minimum atomic E-state index is -0.492. The summed E-state index contributed by atoms with van der Waals surface area (Å²) in [5.74, 6) is -0.191. The summed E-state index contributed by atoms with van der Waals surface area (Å²) in [5, 5.41) is 7.98. The Morgan fingerprint density at radius 1 is 0.690 bits per heavy atom. The van der Waals surface area contributed by atoms with Gasteiger partial charge in [0.1, 0.15) is 5.25 Å². The molecule has 42 heavy (non-hydrogen) atoms. The van der Waals surface area contributed by atoms with Crippen LogP contribution in [0.3, 0.4) is 0 Å². The highest BCUT2D eigenvalue weighted by molar-refractivity contribution is 8.00. The number of rotatable bonds is 9. The number of hydrogen-bond donors (Lipinski definition) is 2. The first-order valence-corrected chi connectivity index (χ1v) is 14.9. The van der Waals surface area contributed by atoms with Gasteiger partial charge in [-0.15, -0.1) is 11.8 Å². The van der Waals surface area contributed by atoms with E-state index in [4.69, 9.17) is 0 Å². The van der Waals surface area contributed by atoms with Crippen molar-refractivity contribution in [2.75, 3.05) is 10.6 Å². The third kappa shape index (κ3) is 5.94. The largest absolute Gasteiger partial charge is 0.341 e. The van der Waals surface area contributed by atoms with Crippen molar-refractivity contribution in [3.63, 3.8) is 0 Å². The van der Waals surface area contributed by atoms with Crippen molar-refractivity contribution in [1.82, 2.24) is 4.57 Å². The number of hydrogen-bond acceptors (Lipinski definition) is 3. The number of para-hydroxylation sites is 1. The Hall–Kier alpha value is -4.81. The van der Waals surface area contributed by atoms with Crippen LogP contribution in [0, 0.1) is 0 Å². The minimum Gasteiger partial charge on any atom is -0.341 e. The van der Waals surface area contributed by atoms with E-state index in [9.17, 15) is 9.59 Å². The lowest BCUT2D eigenvalue weighted by molar-refractivity contribution is -0.116. The lowest BCUT2D eigenvalue weighted by atomic mass is 10.1. The predicted molar refractivity (Wildman–Crippen MR) is 174 cm³/mol. The van der Waals surface area contributed by atoms with Gasteiger partial charge in [-0.05, 0) is 60.5 Å². The van der Waals surface area contributed by atoms with Crippen LogP contribution in [-0.2, 0) is 22.6 Å². The van der Waals surface area contributed by atoms with E-state index in [2.05, 4.69) is 52.5 Å². The minimum absolute atomic E-state index is 0.0828. The van der Waals surface area contributed by atoms with Crippen LogP contribution in [0.5, 0.6) is 0 Å². The second-order valence-corrected chi connectivity index (χ2v) is 11.3. The van der Waals surface area contributed by atoms with Gasteiger partial charge >= 0.3 is 0 Å². The topological polar surface area (TPSA) is 63.1 Å². The third-order valence-electron chi connectivity index (χ3n) is 7.28. The van der Waals surface area contributed by atoms with Crippen molar-refractivity contribution in [2.24, 2.45) is 0 Å². The Balaban J connectivity index is 1.24. The summed E-state index contributed by atoms with van der Waals surface area (Å²) in [5.41, 5.74) is 5.66. The van der Waals surface area contributed by atoms with Crippen molar-refractivity contribution >= 4 is 56.8 Å². The molecule has 1 heterocycles. The molecule has 0 saturated heterocycles. The van der Waals surface area contributed by atoms with Crippen LogP contribution in [0.1, 0.15) is 23.3 Å². The highest BCUT2D eigenvalue weighted by Gasteiger charge is 2.23. The zero-order valence-electron chi connectivity index (χ0n) is 23.3. The Kier molecular flexibility index (Phi) is 8.06. The molecule has 0 aliphatic rings. The first-order chi connectivity index (χ1) is 20.6. The maximum atomic E-state index is 13.8. The van der Waals surface area contributed by atoms with E-state index in [1.54, 1.807) is 0 Å². The standard InChI is InChI=1S/C36H31N3O2S/c1-2-39-32-19-10-9-18-30(32)31-24-28(20-21-33(31)39)38-36(41)35(26-14-7-4-8-15-26)42-29-17-11-16-27(23-29)37-34(40)22-25-12-5-3-6-13-25/h3-21,23-24,35H,2,22H2,1H3,(H,37,40)(H,38,41). The smallest absolute Gasteiger partial charge is 0.242 e. The van der Waals surface area contributed by atoms with Crippen LogP contribution in [0.25, 0.3) is 21.8 Å². The number of aromatic nitrogens is 1. The van der Waals surface area contributed by atoms with Crippen LogP contribution in [-0.4, -0.2) is 16.4 Å². The average molecular weight is 570 g/mol. The molecule has 0 spiro atoms. The van der Waals surface area contributed by atoms with E-state index < -0.39 is 5.25 Å². The van der Waals surface area contributed by atoms with Gasteiger partial charge in [-0.2, -0.15) is 0 Å². The van der Waals surface area contributed by atoms with Gasteiger partial charge in [0.05, 0.1) is 6.42 Å². The molecule has 0 radical (unpaired) electrons. The van der Waals surface area contributed by atoms with E-state index in [0.717, 1.165) is 39.2 Å². The monoisotopic (exact) mass is 569 g/mol. The van der Waals surface area contributed by atoms with Crippen molar-refractivity contribution in [3.8, 4) is 0 Å². The maximum Gasteiger partial charge on any atom is 0.242 e. The summed E-state index contributed by atoms with van der Waals surface area (Å²) in [6, 6.07) is 41.6. The van der Waals surface area contributed by atoms with Crippen molar-refractivity contribution < 1.29 is 9.59 Å². The lowest BCUT2D eigenvalue weighted by Crippen LogP contribution is -2.19. The van der Waals surface area contributed by atoms with Gasteiger partial charge in [-0.25, -0.2) is 0 Å². The first-order valence-electron chi connectivity index (χ1n) is 14.1. The Labute approximate surface area is 249 Å². The highest BCUT2D eigenvalue weighted by Crippen LogP contribution is 2.38. The van der Waals surface area contributed by atoms with Crippen molar-refractivity contribution in [2.45, 2.75) is 30.0 Å². The molecule has 6 aromatic rings. The van der Waals surface area contributed by atoms with Crippen LogP contribution >= 0.6 is 11.8 Å². The molecule has 0 aliphatic heterocycles. The number of carbonyl (C=O) groups is 2. The number of anilines is 2. The van der Waals surface area contributed by atoms with E-state index in [-0.39, 0.29) is 11.8 Å². The molecule has 6 rings (SSSR count). The van der Waals surface area contributed by atoms with Gasteiger partial charge in [0, 0.05) is 44.6 Å². The summed E-state index contributed by atoms with van der Waals surface area (Å²) in [6.07, 6.45) is 0.300. The van der Waals surface area contributed by atoms with E-state index in [0.29, 0.717) is 12.1 Å². The van der Waals surface area contributed by atoms with E-state index in [1.807, 2.05) is 97.1 Å². The average Bonchev–Trinajstić information content (AvgIpc) is 3.34. The lowest BCUT2D eigenvalue weighted by Gasteiger charge is -2.18. The molecule has 0 bridgehead atoms. The zero-order chi connectivity index (χ0) is 28.9. The number of amides is 2. The molecule has 5 nitrogen and oxygen atoms in total. The van der Waals surface area contributed by atoms with Gasteiger partial charge in [-0.1, -0.05) is 84.9 Å². The highest BCUT2D eigenvalue weighted by atomic mass is 32.2. The fourth-order valence-electron chi connectivity index (χ4n) is 5.35. The summed E-state index contributed by atoms with van der Waals surface area (Å²) >= 11 is 1.46. The molecule has 2 amide bonds. The fraction of sp³-hybridized carbons (Fsp3) is 0.111. The molecule has 1 aromatic heterocycles. The Morgan fingerprint density at radius 2 is 1.38 bits per heavy atom. The molecule has 5 aromatic carbocycles. The van der Waals surface area contributed by atoms with Crippen LogP contribution in [0.2, 0.25) is 0 Å². The number of carbonyl (C=O) groups excluding carboxylic acids is 2. The molecule has 0 fully saturated rings. The summed E-state index contributed by atoms with van der Waals surface area (Å²) < 4.78 is 2.30. The molecule has 6 heteroatoms. The number of nitrogens with zero attached hydrogens (tertiary/aromatic N) is 1. The number of nitrogens with one attached hydrogen (secondary N) is 2. The van der Waals surface area contributed by atoms with Crippen molar-refractivity contribution in [3.05, 3.63) is 139 Å². The second-order valence-electron chi connectivity index (χ2n) is 10.1. The molecule has 1 atom stereocenters. The second kappa shape index (κ2) is 12.4. The van der Waals surface area contributed by atoms with E-state index >= 15 is 0 Å². The number of fused-ring (bicyclic) bond motifs is 3. The first kappa shape index (κ1) is 27.4. The molecule has 2 N–H and O–H groups in total. The summed E-state index contributed by atoms with van der Waals surface area (Å²) in [7, 11) is 0. The molecule has 208 valence electrons. The number of thioether (sulfide) groups is 1. The zero-order valence-corrected chi connectivity index (χ0v) is 24.1. The summed E-state index contributed by atoms with van der Waals surface area (Å²) in [4.78, 5) is 27.4. The van der Waals surface area contributed by atoms with Crippen LogP contribution < -0.4 is 10.6 Å². The van der Waals surface area contributed by atoms with Gasteiger partial charge < -0.3 is 15.2 Å². The van der Waals surface area contributed by atoms with Crippen molar-refractivity contribution in [1.29, 1.82) is 0 Å². The maximum absolute atomic E-state index is 13.8. The molecule has 0 saturated carbocycles. The SMILES string of the molecule is CCn1c2ccccc2c2cc(NC(=O)C(Sc3cccc(NC(=O)Cc4ccccc4)c3)c3ccccc3)ccc21. The van der Waals surface area contributed by atoms with Gasteiger partial charge in [0.2, 0.25) is 11.8 Å². The molecule has 1 unspecified atom stereocenters. The number of benzene rings is 5. The Bertz CT molecular complexity index is 1870. The predicted octanol–water partition coefficient (Wildman–Crippen LogP) is 8.47. The normalized spacial score (nSPS) is 11.8. The quantitative estimate of drug-likeness (QED) is 0.172. The number of aryl methyl sites for hydroxylation is 1. The van der Waals surface area contributed by atoms with E-state index in [1.165, 1.54) is 22.7 Å². The third-order valence-corrected chi connectivity index (χ3v) is 8.52. The van der Waals surface area contributed by atoms with Gasteiger partial charge in [0.15, 0.2) is 0 Å². The van der Waals surface area contributed by atoms with Gasteiger partial charge in [-0.3, -0.25) is 9.59 Å². The van der Waals surface area contributed by atoms with Crippen LogP contribution in [0.4, 0.5) is 11.4 Å². The fourth-order valence-corrected chi connectivity index (χ4v) is 6.43. The molecule has 0 aliphatic carbocycles. The Morgan fingerprint density at radius 3 is 2.17 bits per heavy atom.